The maximum Gasteiger partial charge on any atom is 0.339 e. The van der Waals surface area contributed by atoms with Crippen LogP contribution in [-0.4, -0.2) is 111 Å². The van der Waals surface area contributed by atoms with Gasteiger partial charge in [-0.2, -0.15) is 9.61 Å². The average molecular weight is 888 g/mol. The fraction of sp³-hybridized carbons (Fsp3) is 0.383. The van der Waals surface area contributed by atoms with Crippen LogP contribution in [0.2, 0.25) is 0 Å². The van der Waals surface area contributed by atoms with Crippen molar-refractivity contribution in [2.45, 2.75) is 67.5 Å². The molecule has 0 fully saturated rings. The van der Waals surface area contributed by atoms with Gasteiger partial charge < -0.3 is 46.1 Å². The number of nitrogens with two attached hydrogens (primary N) is 1. The van der Waals surface area contributed by atoms with Crippen molar-refractivity contribution in [1.82, 2.24) is 48.4 Å². The molecule has 8 aromatic rings. The number of aromatic carboxylic acids is 1. The van der Waals surface area contributed by atoms with Crippen LogP contribution in [0.4, 0.5) is 11.6 Å². The van der Waals surface area contributed by atoms with Crippen molar-refractivity contribution in [1.29, 1.82) is 0 Å². The topological polar surface area (TPSA) is 240 Å². The predicted octanol–water partition coefficient (Wildman–Crippen LogP) is 6.75. The second-order valence-corrected chi connectivity index (χ2v) is 17.9. The quantitative estimate of drug-likeness (QED) is 0.0635. The zero-order valence-corrected chi connectivity index (χ0v) is 38.7. The molecule has 8 rings (SSSR count). The van der Waals surface area contributed by atoms with E-state index in [1.165, 1.54) is 6.20 Å². The molecule has 0 bridgehead atoms. The third-order valence-corrected chi connectivity index (χ3v) is 11.1. The minimum atomic E-state index is -0.995. The van der Waals surface area contributed by atoms with E-state index in [1.54, 1.807) is 40.6 Å². The van der Waals surface area contributed by atoms with Gasteiger partial charge in [-0.1, -0.05) is 27.7 Å². The second-order valence-electron chi connectivity index (χ2n) is 17.9. The number of aliphatic hydroxyl groups is 2. The lowest BCUT2D eigenvalue weighted by atomic mass is 9.95. The summed E-state index contributed by atoms with van der Waals surface area (Å²) in [6.45, 7) is 17.1. The number of nitrogens with zero attached hydrogens (tertiary/aromatic N) is 9. The van der Waals surface area contributed by atoms with Crippen LogP contribution in [0.25, 0.3) is 55.9 Å². The van der Waals surface area contributed by atoms with Crippen LogP contribution >= 0.6 is 0 Å². The lowest BCUT2D eigenvalue weighted by Crippen LogP contribution is -2.36. The van der Waals surface area contributed by atoms with E-state index in [-0.39, 0.29) is 42.2 Å². The van der Waals surface area contributed by atoms with Crippen molar-refractivity contribution in [3.63, 3.8) is 0 Å². The molecule has 344 valence electrons. The zero-order chi connectivity index (χ0) is 47.4. The fourth-order valence-electron chi connectivity index (χ4n) is 6.91. The van der Waals surface area contributed by atoms with E-state index < -0.39 is 11.4 Å². The number of fused-ring (bicyclic) bond motifs is 4. The summed E-state index contributed by atoms with van der Waals surface area (Å²) in [5.74, 6) is 0.214. The molecule has 8 heterocycles. The molecule has 8 N–H and O–H groups in total. The highest BCUT2D eigenvalue weighted by atomic mass is 16.4. The van der Waals surface area contributed by atoms with Crippen LogP contribution in [0.5, 0.6) is 0 Å². The van der Waals surface area contributed by atoms with Crippen molar-refractivity contribution in [2.24, 2.45) is 16.6 Å². The maximum atomic E-state index is 12.9. The maximum absolute atomic E-state index is 12.9. The largest absolute Gasteiger partial charge is 0.478 e. The van der Waals surface area contributed by atoms with Crippen molar-refractivity contribution >= 4 is 56.9 Å². The van der Waals surface area contributed by atoms with Crippen molar-refractivity contribution in [2.75, 3.05) is 51.0 Å². The summed E-state index contributed by atoms with van der Waals surface area (Å²) in [4.78, 5) is 43.0. The molecule has 0 aliphatic rings. The van der Waals surface area contributed by atoms with Crippen LogP contribution in [0.1, 0.15) is 88.2 Å². The lowest BCUT2D eigenvalue weighted by Gasteiger charge is -2.21. The average Bonchev–Trinajstić information content (AvgIpc) is 4.11. The summed E-state index contributed by atoms with van der Waals surface area (Å²) in [6.07, 6.45) is 10.9. The molecule has 0 aliphatic heterocycles. The molecule has 18 nitrogen and oxygen atoms in total. The SMILES string of the molecule is CC(C)(CN)CO.CNc1cc(-c2cn(C(C)C)c3ncccc23)nc2c(C(=O)NCC(C)(C)CO)cnn12.CNc1cc(-c2cn(C(C)C)c3ncccc23)nc2c(C(=O)O)ccn12. The Hall–Kier alpha value is -6.89. The lowest BCUT2D eigenvalue weighted by molar-refractivity contribution is 0.0698. The molecule has 18 heteroatoms. The number of aromatic nitrogens is 9. The molecule has 8 aromatic heterocycles. The van der Waals surface area contributed by atoms with Crippen molar-refractivity contribution < 1.29 is 24.9 Å². The zero-order valence-electron chi connectivity index (χ0n) is 38.7. The van der Waals surface area contributed by atoms with E-state index in [4.69, 9.17) is 15.8 Å². The third kappa shape index (κ3) is 9.94. The summed E-state index contributed by atoms with van der Waals surface area (Å²) in [5, 5.41) is 43.0. The number of hydrogen-bond acceptors (Lipinski definition) is 12. The normalized spacial score (nSPS) is 11.9. The van der Waals surface area contributed by atoms with Gasteiger partial charge in [-0.15, -0.1) is 0 Å². The number of aliphatic hydroxyl groups excluding tert-OH is 2. The molecule has 0 unspecified atom stereocenters. The molecule has 65 heavy (non-hydrogen) atoms. The molecular formula is C47H61N13O5. The number of hydrogen-bond donors (Lipinski definition) is 7. The second kappa shape index (κ2) is 19.5. The standard InChI is InChI=1S/C23H29N7O2.C19H19N5O2.C5H13NO/c1-14(2)29-11-17(15-7-6-8-25-20(15)29)18-9-19(24-5)30-21(28-18)16(10-27-30)22(32)26-12-23(3,4)13-31;1-11(2)24-10-14(12-5-4-7-21-17(12)24)15-9-16(20-3)23-8-6-13(19(25)26)18(23)22-15;1-5(2,3-6)4-7/h6-11,14,24,31H,12-13H2,1-5H3,(H,26,32);4-11,20H,1-3H3,(H,25,26);7H,3-4,6H2,1-2H3. The molecule has 1 amide bonds. The molecule has 0 aliphatic carbocycles. The van der Waals surface area contributed by atoms with Crippen LogP contribution in [0.3, 0.4) is 0 Å². The summed E-state index contributed by atoms with van der Waals surface area (Å²) in [5.41, 5.74) is 11.3. The number of anilines is 2. The monoisotopic (exact) mass is 887 g/mol. The number of carboxylic acids is 1. The van der Waals surface area contributed by atoms with E-state index in [9.17, 15) is 19.8 Å². The number of carbonyl (C=O) groups is 2. The Morgan fingerprint density at radius 1 is 0.738 bits per heavy atom. The summed E-state index contributed by atoms with van der Waals surface area (Å²) >= 11 is 0. The number of pyridine rings is 2. The Balaban J connectivity index is 0.000000191. The molecule has 0 aromatic carbocycles. The first-order valence-corrected chi connectivity index (χ1v) is 21.5. The summed E-state index contributed by atoms with van der Waals surface area (Å²) in [7, 11) is 3.61. The van der Waals surface area contributed by atoms with E-state index >= 15 is 0 Å². The van der Waals surface area contributed by atoms with Gasteiger partial charge in [-0.05, 0) is 64.6 Å². The highest BCUT2D eigenvalue weighted by Crippen LogP contribution is 2.34. The summed E-state index contributed by atoms with van der Waals surface area (Å²) < 4.78 is 7.59. The van der Waals surface area contributed by atoms with Gasteiger partial charge in [0.05, 0.1) is 17.6 Å². The van der Waals surface area contributed by atoms with Gasteiger partial charge in [0.15, 0.2) is 11.3 Å². The van der Waals surface area contributed by atoms with Gasteiger partial charge in [0, 0.05) is 122 Å². The number of amides is 1. The Morgan fingerprint density at radius 3 is 1.72 bits per heavy atom. The van der Waals surface area contributed by atoms with E-state index in [2.05, 4.69) is 79.0 Å². The first kappa shape index (κ1) is 47.6. The molecule has 0 spiro atoms. The third-order valence-electron chi connectivity index (χ3n) is 11.1. The van der Waals surface area contributed by atoms with Crippen LogP contribution < -0.4 is 21.7 Å². The molecule has 0 saturated carbocycles. The van der Waals surface area contributed by atoms with Gasteiger partial charge in [0.2, 0.25) is 0 Å². The number of rotatable bonds is 13. The first-order chi connectivity index (χ1) is 30.9. The molecule has 0 atom stereocenters. The van der Waals surface area contributed by atoms with E-state index in [0.717, 1.165) is 44.7 Å². The van der Waals surface area contributed by atoms with Gasteiger partial charge in [0.1, 0.15) is 34.1 Å². The van der Waals surface area contributed by atoms with Crippen molar-refractivity contribution in [3.8, 4) is 22.5 Å². The van der Waals surface area contributed by atoms with Gasteiger partial charge in [-0.3, -0.25) is 9.20 Å². The van der Waals surface area contributed by atoms with Gasteiger partial charge in [-0.25, -0.2) is 24.7 Å². The Morgan fingerprint density at radius 2 is 1.26 bits per heavy atom. The van der Waals surface area contributed by atoms with Crippen LogP contribution in [0, 0.1) is 10.8 Å². The highest BCUT2D eigenvalue weighted by Gasteiger charge is 2.24. The highest BCUT2D eigenvalue weighted by molar-refractivity contribution is 6.01. The van der Waals surface area contributed by atoms with Crippen LogP contribution in [0.15, 0.2) is 79.6 Å². The predicted molar refractivity (Wildman–Crippen MR) is 256 cm³/mol. The number of nitrogens with one attached hydrogen (secondary N) is 3. The van der Waals surface area contributed by atoms with E-state index in [1.807, 2.05) is 77.3 Å². The van der Waals surface area contributed by atoms with Crippen LogP contribution in [-0.2, 0) is 0 Å². The molecule has 0 saturated heterocycles. The Bertz CT molecular complexity index is 2950. The van der Waals surface area contributed by atoms with Gasteiger partial charge in [0.25, 0.3) is 5.91 Å². The minimum absolute atomic E-state index is 0.0255. The van der Waals surface area contributed by atoms with E-state index in [0.29, 0.717) is 41.5 Å². The molecule has 0 radical (unpaired) electrons. The number of carboxylic acid groups (broad SMARTS) is 1. The van der Waals surface area contributed by atoms with Crippen molar-refractivity contribution in [3.05, 3.63) is 90.8 Å². The fourth-order valence-corrected chi connectivity index (χ4v) is 6.91. The minimum Gasteiger partial charge on any atom is -0.478 e. The first-order valence-electron chi connectivity index (χ1n) is 21.5. The Kier molecular flexibility index (Phi) is 14.3. The number of carbonyl (C=O) groups excluding carboxylic acids is 1. The summed E-state index contributed by atoms with van der Waals surface area (Å²) in [6, 6.07) is 13.7. The smallest absolute Gasteiger partial charge is 0.339 e. The molecular weight excluding hydrogens is 827 g/mol. The van der Waals surface area contributed by atoms with Gasteiger partial charge >= 0.3 is 5.97 Å². The Labute approximate surface area is 377 Å².